The number of rotatable bonds is 6. The maximum absolute atomic E-state index is 13.1. The molecule has 2 aromatic carbocycles. The minimum absolute atomic E-state index is 0.335. The quantitative estimate of drug-likeness (QED) is 0.562. The summed E-state index contributed by atoms with van der Waals surface area (Å²) in [5.74, 6) is 1.26. The normalized spacial score (nSPS) is 15.0. The standard InChI is InChI=1S/C22H21ClN4O5/c1-29-15-9-13(10-16(30-2)20(15)31-3)19-17(21(28)32-4)18(12-5-7-14(23)8-6-12)26-22-24-11-25-27(19)22/h5-11,19H,1-4H3,(H,24,25,26)/t19-/m1/s1. The third-order valence-electron chi connectivity index (χ3n) is 5.14. The van der Waals surface area contributed by atoms with Crippen molar-refractivity contribution in [1.29, 1.82) is 0 Å². The number of nitrogens with zero attached hydrogens (tertiary/aromatic N) is 3. The summed E-state index contributed by atoms with van der Waals surface area (Å²) in [6, 6.07) is 9.97. The van der Waals surface area contributed by atoms with Gasteiger partial charge in [-0.15, -0.1) is 0 Å². The molecule has 0 aliphatic carbocycles. The molecule has 0 bridgehead atoms. The van der Waals surface area contributed by atoms with Gasteiger partial charge in [0.2, 0.25) is 11.7 Å². The highest BCUT2D eigenvalue weighted by Gasteiger charge is 2.37. The molecule has 0 amide bonds. The molecular formula is C22H21ClN4O5. The molecule has 4 rings (SSSR count). The van der Waals surface area contributed by atoms with Gasteiger partial charge in [-0.1, -0.05) is 23.7 Å². The molecule has 1 atom stereocenters. The number of esters is 1. The molecule has 9 nitrogen and oxygen atoms in total. The van der Waals surface area contributed by atoms with Crippen LogP contribution in [0.2, 0.25) is 5.02 Å². The maximum Gasteiger partial charge on any atom is 0.338 e. The third kappa shape index (κ3) is 3.60. The van der Waals surface area contributed by atoms with Crippen molar-refractivity contribution in [3.8, 4) is 17.2 Å². The lowest BCUT2D eigenvalue weighted by Gasteiger charge is -2.30. The molecule has 166 valence electrons. The van der Waals surface area contributed by atoms with Gasteiger partial charge < -0.3 is 24.3 Å². The van der Waals surface area contributed by atoms with E-state index in [1.807, 2.05) is 12.1 Å². The van der Waals surface area contributed by atoms with Crippen LogP contribution in [0.4, 0.5) is 5.95 Å². The van der Waals surface area contributed by atoms with E-state index in [0.717, 1.165) is 5.56 Å². The van der Waals surface area contributed by atoms with Gasteiger partial charge in [-0.25, -0.2) is 9.48 Å². The average Bonchev–Trinajstić information content (AvgIpc) is 3.30. The van der Waals surface area contributed by atoms with Crippen LogP contribution >= 0.6 is 11.6 Å². The van der Waals surface area contributed by atoms with E-state index in [-0.39, 0.29) is 0 Å². The fraction of sp³-hybridized carbons (Fsp3) is 0.227. The van der Waals surface area contributed by atoms with Crippen molar-refractivity contribution in [2.45, 2.75) is 6.04 Å². The van der Waals surface area contributed by atoms with Crippen LogP contribution in [0.1, 0.15) is 17.2 Å². The predicted octanol–water partition coefficient (Wildman–Crippen LogP) is 3.56. The topological polar surface area (TPSA) is 96.7 Å². The van der Waals surface area contributed by atoms with E-state index in [9.17, 15) is 4.79 Å². The van der Waals surface area contributed by atoms with Crippen LogP contribution in [0.15, 0.2) is 48.3 Å². The number of benzene rings is 2. The molecule has 0 radical (unpaired) electrons. The van der Waals surface area contributed by atoms with E-state index in [1.165, 1.54) is 34.8 Å². The molecule has 32 heavy (non-hydrogen) atoms. The van der Waals surface area contributed by atoms with Gasteiger partial charge in [0, 0.05) is 5.02 Å². The number of anilines is 1. The predicted molar refractivity (Wildman–Crippen MR) is 118 cm³/mol. The summed E-state index contributed by atoms with van der Waals surface area (Å²) in [6.07, 6.45) is 1.41. The second kappa shape index (κ2) is 8.80. The van der Waals surface area contributed by atoms with Crippen LogP contribution in [0.5, 0.6) is 17.2 Å². The largest absolute Gasteiger partial charge is 0.493 e. The van der Waals surface area contributed by atoms with Gasteiger partial charge >= 0.3 is 5.97 Å². The highest BCUT2D eigenvalue weighted by molar-refractivity contribution is 6.30. The third-order valence-corrected chi connectivity index (χ3v) is 5.39. The zero-order chi connectivity index (χ0) is 22.8. The molecular weight excluding hydrogens is 436 g/mol. The van der Waals surface area contributed by atoms with Crippen molar-refractivity contribution in [3.63, 3.8) is 0 Å². The first-order valence-electron chi connectivity index (χ1n) is 9.57. The number of carbonyl (C=O) groups is 1. The van der Waals surface area contributed by atoms with Crippen LogP contribution < -0.4 is 19.5 Å². The number of halogens is 1. The van der Waals surface area contributed by atoms with Crippen molar-refractivity contribution >= 4 is 29.2 Å². The molecule has 0 saturated heterocycles. The number of aromatic nitrogens is 3. The van der Waals surface area contributed by atoms with Gasteiger partial charge in [-0.2, -0.15) is 10.1 Å². The van der Waals surface area contributed by atoms with Crippen LogP contribution in [0.25, 0.3) is 5.70 Å². The van der Waals surface area contributed by atoms with Crippen molar-refractivity contribution in [2.75, 3.05) is 33.8 Å². The van der Waals surface area contributed by atoms with Gasteiger partial charge in [0.1, 0.15) is 12.4 Å². The number of nitrogens with one attached hydrogen (secondary N) is 1. The Bertz CT molecular complexity index is 1160. The summed E-state index contributed by atoms with van der Waals surface area (Å²) in [7, 11) is 5.91. The Kier molecular flexibility index (Phi) is 5.91. The summed E-state index contributed by atoms with van der Waals surface area (Å²) in [5, 5.41) is 8.12. The molecule has 3 aromatic rings. The Balaban J connectivity index is 2.00. The second-order valence-corrected chi connectivity index (χ2v) is 7.24. The van der Waals surface area contributed by atoms with Crippen molar-refractivity contribution in [3.05, 3.63) is 64.4 Å². The molecule has 0 spiro atoms. The highest BCUT2D eigenvalue weighted by Crippen LogP contribution is 2.45. The first kappa shape index (κ1) is 21.5. The van der Waals surface area contributed by atoms with Crippen molar-refractivity contribution in [1.82, 2.24) is 14.8 Å². The first-order chi connectivity index (χ1) is 15.5. The van der Waals surface area contributed by atoms with E-state index in [0.29, 0.717) is 45.1 Å². The summed E-state index contributed by atoms with van der Waals surface area (Å²) in [6.45, 7) is 0. The van der Waals surface area contributed by atoms with E-state index >= 15 is 0 Å². The summed E-state index contributed by atoms with van der Waals surface area (Å²) in [5.41, 5.74) is 2.27. The number of methoxy groups -OCH3 is 4. The monoisotopic (exact) mass is 456 g/mol. The van der Waals surface area contributed by atoms with E-state index in [4.69, 9.17) is 30.5 Å². The van der Waals surface area contributed by atoms with E-state index in [2.05, 4.69) is 15.4 Å². The Morgan fingerprint density at radius 2 is 1.69 bits per heavy atom. The summed E-state index contributed by atoms with van der Waals surface area (Å²) in [4.78, 5) is 17.4. The molecule has 10 heteroatoms. The summed E-state index contributed by atoms with van der Waals surface area (Å²) < 4.78 is 23.2. The number of hydrogen-bond acceptors (Lipinski definition) is 8. The molecule has 0 saturated carbocycles. The number of fused-ring (bicyclic) bond motifs is 1. The Morgan fingerprint density at radius 3 is 2.25 bits per heavy atom. The second-order valence-electron chi connectivity index (χ2n) is 6.80. The minimum atomic E-state index is -0.680. The average molecular weight is 457 g/mol. The van der Waals surface area contributed by atoms with Crippen LogP contribution in [0.3, 0.4) is 0 Å². The number of ether oxygens (including phenoxy) is 4. The van der Waals surface area contributed by atoms with Gasteiger partial charge in [0.05, 0.1) is 39.7 Å². The van der Waals surface area contributed by atoms with Crippen LogP contribution in [-0.4, -0.2) is 49.2 Å². The first-order valence-corrected chi connectivity index (χ1v) is 9.95. The molecule has 1 aliphatic rings. The fourth-order valence-corrected chi connectivity index (χ4v) is 3.83. The lowest BCUT2D eigenvalue weighted by Crippen LogP contribution is -2.29. The smallest absolute Gasteiger partial charge is 0.338 e. The SMILES string of the molecule is COC(=O)C1=C(c2ccc(Cl)cc2)Nc2ncnn2[C@@H]1c1cc(OC)c(OC)c(OC)c1. The maximum atomic E-state index is 13.1. The number of carbonyl (C=O) groups excluding carboxylic acids is 1. The lowest BCUT2D eigenvalue weighted by molar-refractivity contribution is -0.136. The molecule has 1 aliphatic heterocycles. The Labute approximate surface area is 189 Å². The van der Waals surface area contributed by atoms with Crippen molar-refractivity contribution < 1.29 is 23.7 Å². The fourth-order valence-electron chi connectivity index (χ4n) is 3.70. The van der Waals surface area contributed by atoms with Gasteiger partial charge in [0.15, 0.2) is 11.5 Å². The van der Waals surface area contributed by atoms with E-state index in [1.54, 1.807) is 28.9 Å². The molecule has 2 heterocycles. The molecule has 0 fully saturated rings. The van der Waals surface area contributed by atoms with E-state index < -0.39 is 12.0 Å². The van der Waals surface area contributed by atoms with Gasteiger partial charge in [-0.05, 0) is 35.4 Å². The van der Waals surface area contributed by atoms with Crippen molar-refractivity contribution in [2.24, 2.45) is 0 Å². The molecule has 1 aromatic heterocycles. The zero-order valence-corrected chi connectivity index (χ0v) is 18.6. The zero-order valence-electron chi connectivity index (χ0n) is 17.9. The molecule has 0 unspecified atom stereocenters. The Hall–Kier alpha value is -3.72. The van der Waals surface area contributed by atoms with Gasteiger partial charge in [-0.3, -0.25) is 0 Å². The Morgan fingerprint density at radius 1 is 1.03 bits per heavy atom. The summed E-state index contributed by atoms with van der Waals surface area (Å²) >= 11 is 6.07. The minimum Gasteiger partial charge on any atom is -0.493 e. The van der Waals surface area contributed by atoms with Crippen LogP contribution in [-0.2, 0) is 9.53 Å². The van der Waals surface area contributed by atoms with Crippen LogP contribution in [0, 0.1) is 0 Å². The van der Waals surface area contributed by atoms with Gasteiger partial charge in [0.25, 0.3) is 0 Å². The molecule has 1 N–H and O–H groups in total. The number of hydrogen-bond donors (Lipinski definition) is 1. The highest BCUT2D eigenvalue weighted by atomic mass is 35.5. The lowest BCUT2D eigenvalue weighted by atomic mass is 9.92.